The number of hydrogen-bond acceptors (Lipinski definition) is 4. The number of carbonyl (C=O) groups excluding carboxylic acids is 1. The predicted molar refractivity (Wildman–Crippen MR) is 118 cm³/mol. The van der Waals surface area contributed by atoms with Gasteiger partial charge in [0.15, 0.2) is 5.96 Å². The number of para-hydroxylation sites is 1. The lowest BCUT2D eigenvalue weighted by molar-refractivity contribution is 0.0600. The standard InChI is InChI=1S/C20H25N3O3.HI/c1-4-26-18-8-6-5-7-17(18)14-23-20(21-2)22-13-15-9-11-16(12-10-15)19(24)25-3;/h5-12H,4,13-14H2,1-3H3,(H2,21,22,23);1H. The Balaban J connectivity index is 0.00000364. The number of nitrogens with zero attached hydrogens (tertiary/aromatic N) is 1. The molecule has 2 aromatic carbocycles. The number of rotatable bonds is 7. The molecular formula is C20H26IN3O3. The smallest absolute Gasteiger partial charge is 0.337 e. The minimum absolute atomic E-state index is 0. The van der Waals surface area contributed by atoms with Gasteiger partial charge >= 0.3 is 5.97 Å². The first kappa shape index (κ1) is 22.8. The van der Waals surface area contributed by atoms with E-state index < -0.39 is 0 Å². The number of hydrogen-bond donors (Lipinski definition) is 2. The fourth-order valence-corrected chi connectivity index (χ4v) is 2.41. The maximum Gasteiger partial charge on any atom is 0.337 e. The summed E-state index contributed by atoms with van der Waals surface area (Å²) in [7, 11) is 3.10. The number of guanidine groups is 1. The van der Waals surface area contributed by atoms with Crippen molar-refractivity contribution in [3.05, 3.63) is 65.2 Å². The monoisotopic (exact) mass is 483 g/mol. The lowest BCUT2D eigenvalue weighted by Gasteiger charge is -2.14. The molecule has 27 heavy (non-hydrogen) atoms. The van der Waals surface area contributed by atoms with Crippen LogP contribution in [-0.2, 0) is 17.8 Å². The first-order valence-corrected chi connectivity index (χ1v) is 8.50. The van der Waals surface area contributed by atoms with Crippen molar-refractivity contribution in [3.8, 4) is 5.75 Å². The Hall–Kier alpha value is -2.29. The van der Waals surface area contributed by atoms with Crippen LogP contribution in [0.1, 0.15) is 28.4 Å². The predicted octanol–water partition coefficient (Wildman–Crippen LogP) is 3.36. The molecule has 0 spiro atoms. The molecule has 0 aromatic heterocycles. The molecule has 0 aliphatic carbocycles. The maximum atomic E-state index is 11.5. The van der Waals surface area contributed by atoms with E-state index in [1.165, 1.54) is 7.11 Å². The van der Waals surface area contributed by atoms with Crippen LogP contribution in [0.5, 0.6) is 5.75 Å². The van der Waals surface area contributed by atoms with Gasteiger partial charge < -0.3 is 20.1 Å². The van der Waals surface area contributed by atoms with Crippen molar-refractivity contribution in [2.75, 3.05) is 20.8 Å². The fraction of sp³-hybridized carbons (Fsp3) is 0.300. The highest BCUT2D eigenvalue weighted by Crippen LogP contribution is 2.17. The van der Waals surface area contributed by atoms with Gasteiger partial charge in [-0.15, -0.1) is 24.0 Å². The van der Waals surface area contributed by atoms with E-state index in [2.05, 4.69) is 15.6 Å². The average molecular weight is 483 g/mol. The second-order valence-corrected chi connectivity index (χ2v) is 5.51. The van der Waals surface area contributed by atoms with Crippen molar-refractivity contribution in [3.63, 3.8) is 0 Å². The number of benzene rings is 2. The average Bonchev–Trinajstić information content (AvgIpc) is 2.69. The minimum atomic E-state index is -0.338. The van der Waals surface area contributed by atoms with Gasteiger partial charge in [0.1, 0.15) is 5.75 Å². The van der Waals surface area contributed by atoms with Crippen molar-refractivity contribution in [2.45, 2.75) is 20.0 Å². The van der Waals surface area contributed by atoms with Crippen LogP contribution in [0, 0.1) is 0 Å². The van der Waals surface area contributed by atoms with E-state index >= 15 is 0 Å². The van der Waals surface area contributed by atoms with E-state index in [9.17, 15) is 4.79 Å². The Morgan fingerprint density at radius 2 is 1.70 bits per heavy atom. The number of halogens is 1. The van der Waals surface area contributed by atoms with Crippen molar-refractivity contribution >= 4 is 35.9 Å². The molecule has 0 saturated carbocycles. The molecule has 0 radical (unpaired) electrons. The Kier molecular flexibility index (Phi) is 10.2. The number of nitrogens with one attached hydrogen (secondary N) is 2. The number of carbonyl (C=O) groups is 1. The molecule has 0 unspecified atom stereocenters. The van der Waals surface area contributed by atoms with Crippen molar-refractivity contribution in [1.82, 2.24) is 10.6 Å². The highest BCUT2D eigenvalue weighted by Gasteiger charge is 2.06. The van der Waals surface area contributed by atoms with Crippen LogP contribution in [0.3, 0.4) is 0 Å². The second-order valence-electron chi connectivity index (χ2n) is 5.51. The normalized spacial score (nSPS) is 10.6. The maximum absolute atomic E-state index is 11.5. The third-order valence-electron chi connectivity index (χ3n) is 3.78. The van der Waals surface area contributed by atoms with E-state index in [-0.39, 0.29) is 29.9 Å². The quantitative estimate of drug-likeness (QED) is 0.274. The summed E-state index contributed by atoms with van der Waals surface area (Å²) in [5.41, 5.74) is 2.64. The number of ether oxygens (including phenoxy) is 2. The summed E-state index contributed by atoms with van der Waals surface area (Å²) in [6.07, 6.45) is 0. The molecule has 2 N–H and O–H groups in total. The largest absolute Gasteiger partial charge is 0.494 e. The highest BCUT2D eigenvalue weighted by atomic mass is 127. The van der Waals surface area contributed by atoms with Gasteiger partial charge in [-0.25, -0.2) is 4.79 Å². The van der Waals surface area contributed by atoms with E-state index in [1.54, 1.807) is 19.2 Å². The molecule has 0 heterocycles. The van der Waals surface area contributed by atoms with Gasteiger partial charge in [-0.2, -0.15) is 0 Å². The van der Waals surface area contributed by atoms with Crippen molar-refractivity contribution in [1.29, 1.82) is 0 Å². The van der Waals surface area contributed by atoms with Crippen LogP contribution < -0.4 is 15.4 Å². The summed E-state index contributed by atoms with van der Waals surface area (Å²) in [5.74, 6) is 1.22. The van der Waals surface area contributed by atoms with Gasteiger partial charge in [-0.1, -0.05) is 30.3 Å². The van der Waals surface area contributed by atoms with E-state index in [0.717, 1.165) is 16.9 Å². The zero-order chi connectivity index (χ0) is 18.8. The first-order valence-electron chi connectivity index (χ1n) is 8.50. The zero-order valence-electron chi connectivity index (χ0n) is 15.8. The van der Waals surface area contributed by atoms with Crippen LogP contribution in [0.2, 0.25) is 0 Å². The number of methoxy groups -OCH3 is 1. The Labute approximate surface area is 177 Å². The zero-order valence-corrected chi connectivity index (χ0v) is 18.2. The topological polar surface area (TPSA) is 72.0 Å². The van der Waals surface area contributed by atoms with E-state index in [1.807, 2.05) is 43.3 Å². The number of aliphatic imine (C=N–C) groups is 1. The molecular weight excluding hydrogens is 457 g/mol. The van der Waals surface area contributed by atoms with E-state index in [4.69, 9.17) is 9.47 Å². The lowest BCUT2D eigenvalue weighted by atomic mass is 10.1. The molecule has 0 aliphatic heterocycles. The van der Waals surface area contributed by atoms with Crippen LogP contribution in [0.25, 0.3) is 0 Å². The third kappa shape index (κ3) is 7.09. The molecule has 0 fully saturated rings. The van der Waals surface area contributed by atoms with E-state index in [0.29, 0.717) is 31.2 Å². The summed E-state index contributed by atoms with van der Waals surface area (Å²) in [6, 6.07) is 15.2. The third-order valence-corrected chi connectivity index (χ3v) is 3.78. The minimum Gasteiger partial charge on any atom is -0.494 e. The van der Waals surface area contributed by atoms with Gasteiger partial charge in [0, 0.05) is 25.7 Å². The highest BCUT2D eigenvalue weighted by molar-refractivity contribution is 14.0. The summed E-state index contributed by atoms with van der Waals surface area (Å²) >= 11 is 0. The van der Waals surface area contributed by atoms with Gasteiger partial charge in [-0.05, 0) is 30.7 Å². The van der Waals surface area contributed by atoms with Gasteiger partial charge in [0.05, 0.1) is 19.3 Å². The van der Waals surface area contributed by atoms with Crippen molar-refractivity contribution < 1.29 is 14.3 Å². The van der Waals surface area contributed by atoms with Gasteiger partial charge in [0.25, 0.3) is 0 Å². The van der Waals surface area contributed by atoms with Gasteiger partial charge in [0.2, 0.25) is 0 Å². The number of esters is 1. The molecule has 0 saturated heterocycles. The molecule has 7 heteroatoms. The Morgan fingerprint density at radius 1 is 1.04 bits per heavy atom. The summed E-state index contributed by atoms with van der Waals surface area (Å²) < 4.78 is 10.3. The molecule has 146 valence electrons. The molecule has 6 nitrogen and oxygen atoms in total. The Morgan fingerprint density at radius 3 is 2.33 bits per heavy atom. The van der Waals surface area contributed by atoms with Crippen LogP contribution in [0.15, 0.2) is 53.5 Å². The van der Waals surface area contributed by atoms with Crippen LogP contribution in [-0.4, -0.2) is 32.7 Å². The molecule has 0 atom stereocenters. The molecule has 0 aliphatic rings. The molecule has 2 rings (SSSR count). The summed E-state index contributed by atoms with van der Waals surface area (Å²) in [6.45, 7) is 3.80. The van der Waals surface area contributed by atoms with Gasteiger partial charge in [-0.3, -0.25) is 4.99 Å². The lowest BCUT2D eigenvalue weighted by Crippen LogP contribution is -2.36. The van der Waals surface area contributed by atoms with Crippen molar-refractivity contribution in [2.24, 2.45) is 4.99 Å². The Bertz CT molecular complexity index is 748. The van der Waals surface area contributed by atoms with Crippen LogP contribution >= 0.6 is 24.0 Å². The van der Waals surface area contributed by atoms with Crippen LogP contribution in [0.4, 0.5) is 0 Å². The fourth-order valence-electron chi connectivity index (χ4n) is 2.41. The second kappa shape index (κ2) is 12.2. The SMILES string of the molecule is CCOc1ccccc1CNC(=NC)NCc1ccc(C(=O)OC)cc1.I. The molecule has 2 aromatic rings. The summed E-state index contributed by atoms with van der Waals surface area (Å²) in [4.78, 5) is 15.7. The molecule has 0 bridgehead atoms. The summed E-state index contributed by atoms with van der Waals surface area (Å²) in [5, 5.41) is 6.53. The first-order chi connectivity index (χ1) is 12.7. The molecule has 0 amide bonds.